The van der Waals surface area contributed by atoms with Gasteiger partial charge in [0.05, 0.1) is 11.5 Å². The van der Waals surface area contributed by atoms with Crippen LogP contribution in [0.5, 0.6) is 0 Å². The van der Waals surface area contributed by atoms with Gasteiger partial charge in [-0.15, -0.1) is 24.0 Å². The first kappa shape index (κ1) is 21.2. The summed E-state index contributed by atoms with van der Waals surface area (Å²) in [6.07, 6.45) is 3.03. The first-order valence-corrected chi connectivity index (χ1v) is 9.46. The fourth-order valence-corrected chi connectivity index (χ4v) is 4.32. The molecule has 1 aliphatic heterocycles. The molecule has 1 aliphatic rings. The van der Waals surface area contributed by atoms with Crippen molar-refractivity contribution in [2.75, 3.05) is 26.7 Å². The molecule has 2 N–H and O–H groups in total. The molecule has 1 aromatic rings. The van der Waals surface area contributed by atoms with E-state index in [-0.39, 0.29) is 30.0 Å². The van der Waals surface area contributed by atoms with Crippen molar-refractivity contribution in [3.8, 4) is 0 Å². The number of likely N-dealkylation sites (tertiary alicyclic amines) is 1. The third-order valence-electron chi connectivity index (χ3n) is 3.73. The average Bonchev–Trinajstić information content (AvgIpc) is 3.13. The van der Waals surface area contributed by atoms with Crippen molar-refractivity contribution >= 4 is 40.0 Å². The highest BCUT2D eigenvalue weighted by Gasteiger charge is 2.34. The van der Waals surface area contributed by atoms with Gasteiger partial charge >= 0.3 is 0 Å². The molecule has 7 nitrogen and oxygen atoms in total. The summed E-state index contributed by atoms with van der Waals surface area (Å²) < 4.78 is 32.5. The van der Waals surface area contributed by atoms with E-state index in [1.807, 2.05) is 30.9 Å². The Hall–Kier alpha value is -0.810. The van der Waals surface area contributed by atoms with Crippen LogP contribution < -0.4 is 10.0 Å². The summed E-state index contributed by atoms with van der Waals surface area (Å²) in [5.41, 5.74) is 0. The van der Waals surface area contributed by atoms with E-state index in [2.05, 4.69) is 15.0 Å². The summed E-state index contributed by atoms with van der Waals surface area (Å²) >= 11 is 0. The van der Waals surface area contributed by atoms with Gasteiger partial charge in [0.25, 0.3) is 0 Å². The second kappa shape index (κ2) is 9.62. The lowest BCUT2D eigenvalue weighted by atomic mass is 10.3. The maximum absolute atomic E-state index is 12.3. The highest BCUT2D eigenvalue weighted by atomic mass is 127. The zero-order chi connectivity index (χ0) is 16.9. The minimum Gasteiger partial charge on any atom is -0.469 e. The van der Waals surface area contributed by atoms with Crippen LogP contribution in [0.1, 0.15) is 26.0 Å². The number of hydrogen-bond acceptors (Lipinski definition) is 4. The topological polar surface area (TPSA) is 86.9 Å². The molecule has 24 heavy (non-hydrogen) atoms. The lowest BCUT2D eigenvalue weighted by molar-refractivity contribution is 0.480. The second-order valence-corrected chi connectivity index (χ2v) is 7.97. The molecule has 0 aromatic carbocycles. The smallest absolute Gasteiger partial charge is 0.216 e. The van der Waals surface area contributed by atoms with Gasteiger partial charge in [-0.1, -0.05) is 0 Å². The van der Waals surface area contributed by atoms with Crippen LogP contribution in [0.3, 0.4) is 0 Å². The summed E-state index contributed by atoms with van der Waals surface area (Å²) in [7, 11) is -1.57. The predicted octanol–water partition coefficient (Wildman–Crippen LogP) is 1.42. The molecule has 1 unspecified atom stereocenters. The van der Waals surface area contributed by atoms with E-state index in [0.29, 0.717) is 26.1 Å². The Morgan fingerprint density at radius 1 is 1.50 bits per heavy atom. The second-order valence-electron chi connectivity index (χ2n) is 5.98. The summed E-state index contributed by atoms with van der Waals surface area (Å²) in [5, 5.41) is 2.87. The molecule has 1 saturated heterocycles. The molecule has 0 bridgehead atoms. The van der Waals surface area contributed by atoms with Crippen molar-refractivity contribution in [1.82, 2.24) is 14.9 Å². The first-order chi connectivity index (χ1) is 10.9. The van der Waals surface area contributed by atoms with Crippen LogP contribution in [-0.4, -0.2) is 57.3 Å². The quantitative estimate of drug-likeness (QED) is 0.373. The Balaban J connectivity index is 0.00000288. The Morgan fingerprint density at radius 2 is 2.25 bits per heavy atom. The SMILES string of the molecule is CN=C(NCCc1ccco1)N1CCC(S(=O)(=O)NC(C)C)C1.I. The molecule has 2 heterocycles. The van der Waals surface area contributed by atoms with Crippen molar-refractivity contribution in [2.45, 2.75) is 38.0 Å². The number of guanidine groups is 1. The van der Waals surface area contributed by atoms with Crippen LogP contribution in [-0.2, 0) is 16.4 Å². The number of halogens is 1. The van der Waals surface area contributed by atoms with Crippen molar-refractivity contribution in [2.24, 2.45) is 4.99 Å². The van der Waals surface area contributed by atoms with E-state index in [4.69, 9.17) is 4.42 Å². The van der Waals surface area contributed by atoms with Crippen LogP contribution in [0, 0.1) is 0 Å². The zero-order valence-electron chi connectivity index (χ0n) is 14.4. The van der Waals surface area contributed by atoms with Gasteiger partial charge in [-0.3, -0.25) is 4.99 Å². The summed E-state index contributed by atoms with van der Waals surface area (Å²) in [6, 6.07) is 3.71. The fourth-order valence-electron chi connectivity index (χ4n) is 2.68. The Bertz CT molecular complexity index is 617. The van der Waals surface area contributed by atoms with Gasteiger partial charge < -0.3 is 14.6 Å². The van der Waals surface area contributed by atoms with E-state index in [0.717, 1.165) is 18.1 Å². The summed E-state index contributed by atoms with van der Waals surface area (Å²) in [5.74, 6) is 1.65. The molecule has 1 atom stereocenters. The van der Waals surface area contributed by atoms with E-state index in [1.54, 1.807) is 13.3 Å². The van der Waals surface area contributed by atoms with Crippen molar-refractivity contribution in [1.29, 1.82) is 0 Å². The summed E-state index contributed by atoms with van der Waals surface area (Å²) in [6.45, 7) is 5.50. The fraction of sp³-hybridized carbons (Fsp3) is 0.667. The molecule has 9 heteroatoms. The largest absolute Gasteiger partial charge is 0.469 e. The maximum atomic E-state index is 12.3. The van der Waals surface area contributed by atoms with Crippen LogP contribution in [0.2, 0.25) is 0 Å². The van der Waals surface area contributed by atoms with Gasteiger partial charge in [-0.05, 0) is 32.4 Å². The van der Waals surface area contributed by atoms with Gasteiger partial charge in [-0.25, -0.2) is 13.1 Å². The lowest BCUT2D eigenvalue weighted by Crippen LogP contribution is -2.44. The number of nitrogens with zero attached hydrogens (tertiary/aromatic N) is 2. The van der Waals surface area contributed by atoms with Gasteiger partial charge in [0.1, 0.15) is 5.76 Å². The highest BCUT2D eigenvalue weighted by Crippen LogP contribution is 2.16. The van der Waals surface area contributed by atoms with Crippen molar-refractivity contribution < 1.29 is 12.8 Å². The number of furan rings is 1. The molecule has 1 aromatic heterocycles. The van der Waals surface area contributed by atoms with Gasteiger partial charge in [-0.2, -0.15) is 0 Å². The van der Waals surface area contributed by atoms with Crippen LogP contribution in [0.25, 0.3) is 0 Å². The Morgan fingerprint density at radius 3 is 2.83 bits per heavy atom. The van der Waals surface area contributed by atoms with Crippen LogP contribution in [0.4, 0.5) is 0 Å². The van der Waals surface area contributed by atoms with E-state index >= 15 is 0 Å². The van der Waals surface area contributed by atoms with Crippen molar-refractivity contribution in [3.05, 3.63) is 24.2 Å². The predicted molar refractivity (Wildman–Crippen MR) is 106 cm³/mol. The Kier molecular flexibility index (Phi) is 8.51. The third kappa shape index (κ3) is 5.92. The van der Waals surface area contributed by atoms with Crippen molar-refractivity contribution in [3.63, 3.8) is 0 Å². The number of rotatable bonds is 6. The lowest BCUT2D eigenvalue weighted by Gasteiger charge is -2.22. The third-order valence-corrected chi connectivity index (χ3v) is 5.79. The maximum Gasteiger partial charge on any atom is 0.216 e. The minimum absolute atomic E-state index is 0. The van der Waals surface area contributed by atoms with E-state index in [1.165, 1.54) is 0 Å². The number of sulfonamides is 1. The van der Waals surface area contributed by atoms with Gasteiger partial charge in [0, 0.05) is 39.1 Å². The Labute approximate surface area is 161 Å². The number of aliphatic imine (C=N–C) groups is 1. The van der Waals surface area contributed by atoms with E-state index in [9.17, 15) is 8.42 Å². The molecule has 0 spiro atoms. The average molecular weight is 470 g/mol. The highest BCUT2D eigenvalue weighted by molar-refractivity contribution is 14.0. The zero-order valence-corrected chi connectivity index (χ0v) is 17.5. The first-order valence-electron chi connectivity index (χ1n) is 7.91. The molecule has 0 aliphatic carbocycles. The molecule has 138 valence electrons. The molecule has 0 amide bonds. The van der Waals surface area contributed by atoms with Crippen LogP contribution in [0.15, 0.2) is 27.8 Å². The standard InChI is InChI=1S/C15H26N4O3S.HI/c1-12(2)18-23(20,21)14-7-9-19(11-14)15(16-3)17-8-6-13-5-4-10-22-13;/h4-5,10,12,14,18H,6-9,11H2,1-3H3,(H,16,17);1H. The molecule has 0 radical (unpaired) electrons. The molecule has 1 fully saturated rings. The van der Waals surface area contributed by atoms with Gasteiger partial charge in [0.15, 0.2) is 5.96 Å². The normalized spacial score (nSPS) is 18.8. The molecule has 0 saturated carbocycles. The monoisotopic (exact) mass is 470 g/mol. The molecular weight excluding hydrogens is 443 g/mol. The van der Waals surface area contributed by atoms with E-state index < -0.39 is 15.3 Å². The number of hydrogen-bond donors (Lipinski definition) is 2. The molecule has 2 rings (SSSR count). The molecular formula is C15H27IN4O3S. The van der Waals surface area contributed by atoms with Crippen LogP contribution >= 0.6 is 24.0 Å². The van der Waals surface area contributed by atoms with Gasteiger partial charge in [0.2, 0.25) is 10.0 Å². The minimum atomic E-state index is -3.28. The summed E-state index contributed by atoms with van der Waals surface area (Å²) in [4.78, 5) is 6.24. The number of nitrogens with one attached hydrogen (secondary N) is 2.